The lowest BCUT2D eigenvalue weighted by molar-refractivity contribution is -0.887. The Balaban J connectivity index is 4.22. The van der Waals surface area contributed by atoms with Crippen molar-refractivity contribution in [1.82, 2.24) is 0 Å². The molecule has 0 fully saturated rings. The molecule has 2 unspecified atom stereocenters. The summed E-state index contributed by atoms with van der Waals surface area (Å²) in [5.41, 5.74) is 0. The van der Waals surface area contributed by atoms with Crippen LogP contribution in [0.25, 0.3) is 0 Å². The van der Waals surface area contributed by atoms with Crippen molar-refractivity contribution in [2.24, 2.45) is 0 Å². The van der Waals surface area contributed by atoms with Gasteiger partial charge in [-0.25, -0.2) is 4.79 Å². The molecule has 0 amide bonds. The van der Waals surface area contributed by atoms with E-state index < -0.39 is 18.1 Å². The molecule has 0 heterocycles. The number of esters is 2. The molecule has 0 rings (SSSR count). The van der Waals surface area contributed by atoms with Crippen LogP contribution >= 0.6 is 0 Å². The van der Waals surface area contributed by atoms with E-state index in [1.807, 2.05) is 21.1 Å². The van der Waals surface area contributed by atoms with Crippen molar-refractivity contribution in [3.63, 3.8) is 0 Å². The molecule has 0 aromatic heterocycles. The smallest absolute Gasteiger partial charge is 0.362 e. The van der Waals surface area contributed by atoms with E-state index >= 15 is 0 Å². The van der Waals surface area contributed by atoms with Gasteiger partial charge in [-0.15, -0.1) is 0 Å². The molecule has 57 heavy (non-hydrogen) atoms. The third kappa shape index (κ3) is 39.6. The van der Waals surface area contributed by atoms with Crippen LogP contribution in [0.4, 0.5) is 0 Å². The van der Waals surface area contributed by atoms with Crippen molar-refractivity contribution in [3.05, 3.63) is 0 Å². The number of quaternary nitrogens is 1. The normalized spacial score (nSPS) is 12.8. The molecule has 0 saturated heterocycles. The minimum Gasteiger partial charge on any atom is -0.477 e. The maximum absolute atomic E-state index is 12.7. The molecule has 0 aliphatic carbocycles. The Morgan fingerprint density at radius 3 is 1.09 bits per heavy atom. The van der Waals surface area contributed by atoms with Crippen LogP contribution in [0.2, 0.25) is 0 Å². The molecule has 0 radical (unpaired) electrons. The highest BCUT2D eigenvalue weighted by Gasteiger charge is 2.31. The highest BCUT2D eigenvalue weighted by molar-refractivity contribution is 5.72. The number of likely N-dealkylation sites (N-methyl/N-ethyl adjacent to an activating group) is 1. The Hall–Kier alpha value is -1.67. The Morgan fingerprint density at radius 2 is 0.772 bits per heavy atom. The number of rotatable bonds is 45. The largest absolute Gasteiger partial charge is 0.477 e. The van der Waals surface area contributed by atoms with Gasteiger partial charge in [0.25, 0.3) is 0 Å². The monoisotopic (exact) mass is 811 g/mol. The molecule has 0 aliphatic heterocycles. The summed E-state index contributed by atoms with van der Waals surface area (Å²) in [4.78, 5) is 37.1. The molecule has 8 heteroatoms. The van der Waals surface area contributed by atoms with Gasteiger partial charge in [0.15, 0.2) is 12.1 Å². The summed E-state index contributed by atoms with van der Waals surface area (Å²) >= 11 is 0. The number of carboxylic acids is 1. The number of hydrogen-bond acceptors (Lipinski definition) is 6. The fourth-order valence-corrected chi connectivity index (χ4v) is 7.68. The highest BCUT2D eigenvalue weighted by atomic mass is 16.6. The molecule has 1 N–H and O–H groups in total. The first-order chi connectivity index (χ1) is 27.6. The zero-order chi connectivity index (χ0) is 42.1. The summed E-state index contributed by atoms with van der Waals surface area (Å²) < 4.78 is 17.3. The molecule has 8 nitrogen and oxygen atoms in total. The van der Waals surface area contributed by atoms with Gasteiger partial charge in [-0.2, -0.15) is 0 Å². The van der Waals surface area contributed by atoms with E-state index in [1.165, 1.54) is 173 Å². The Bertz CT molecular complexity index is 905. The molecular weight excluding hydrogens is 715 g/mol. The standard InChI is InChI=1S/C49H95NO7/c1-6-8-10-12-14-16-18-20-22-23-24-26-27-29-31-33-35-37-39-47(51)56-44-45(43-55-42-41-46(49(53)54)50(3,4)5)57-48(52)40-38-36-34-32-30-28-25-21-19-17-15-13-11-9-7-2/h45-46H,6-44H2,1-5H3/p+1. The predicted molar refractivity (Wildman–Crippen MR) is 239 cm³/mol. The lowest BCUT2D eigenvalue weighted by Gasteiger charge is -2.31. The van der Waals surface area contributed by atoms with E-state index in [1.54, 1.807) is 0 Å². The van der Waals surface area contributed by atoms with Gasteiger partial charge < -0.3 is 23.8 Å². The van der Waals surface area contributed by atoms with Crippen molar-refractivity contribution in [1.29, 1.82) is 0 Å². The zero-order valence-corrected chi connectivity index (χ0v) is 38.6. The Labute approximate surface area is 353 Å². The minimum atomic E-state index is -0.869. The first-order valence-corrected chi connectivity index (χ1v) is 24.6. The van der Waals surface area contributed by atoms with Crippen molar-refractivity contribution < 1.29 is 38.2 Å². The summed E-state index contributed by atoms with van der Waals surface area (Å²) in [5, 5.41) is 9.63. The van der Waals surface area contributed by atoms with Gasteiger partial charge in [0.05, 0.1) is 34.4 Å². The third-order valence-electron chi connectivity index (χ3n) is 11.5. The maximum Gasteiger partial charge on any atom is 0.362 e. The van der Waals surface area contributed by atoms with E-state index in [9.17, 15) is 19.5 Å². The second-order valence-corrected chi connectivity index (χ2v) is 18.1. The topological polar surface area (TPSA) is 99.1 Å². The molecule has 338 valence electrons. The second kappa shape index (κ2) is 41.1. The average Bonchev–Trinajstić information content (AvgIpc) is 3.17. The first kappa shape index (κ1) is 55.3. The van der Waals surface area contributed by atoms with Gasteiger partial charge in [0, 0.05) is 19.3 Å². The fraction of sp³-hybridized carbons (Fsp3) is 0.939. The van der Waals surface area contributed by atoms with Gasteiger partial charge in [-0.05, 0) is 12.8 Å². The van der Waals surface area contributed by atoms with Crippen LogP contribution in [0.3, 0.4) is 0 Å². The van der Waals surface area contributed by atoms with Gasteiger partial charge in [-0.1, -0.05) is 213 Å². The minimum absolute atomic E-state index is 0.0415. The Kier molecular flexibility index (Phi) is 39.9. The number of carbonyl (C=O) groups excluding carboxylic acids is 2. The third-order valence-corrected chi connectivity index (χ3v) is 11.5. The van der Waals surface area contributed by atoms with Crippen LogP contribution in [0.15, 0.2) is 0 Å². The van der Waals surface area contributed by atoms with E-state index in [4.69, 9.17) is 14.2 Å². The highest BCUT2D eigenvalue weighted by Crippen LogP contribution is 2.17. The summed E-state index contributed by atoms with van der Waals surface area (Å²) in [5.74, 6) is -1.44. The molecule has 0 aromatic carbocycles. The van der Waals surface area contributed by atoms with Gasteiger partial charge in [0.1, 0.15) is 6.61 Å². The number of aliphatic carboxylic acids is 1. The molecule has 2 atom stereocenters. The van der Waals surface area contributed by atoms with Crippen molar-refractivity contribution in [2.75, 3.05) is 41.0 Å². The fourth-order valence-electron chi connectivity index (χ4n) is 7.68. The van der Waals surface area contributed by atoms with Crippen LogP contribution in [0.5, 0.6) is 0 Å². The second-order valence-electron chi connectivity index (χ2n) is 18.1. The van der Waals surface area contributed by atoms with Crippen LogP contribution in [-0.2, 0) is 28.6 Å². The predicted octanol–water partition coefficient (Wildman–Crippen LogP) is 13.7. The zero-order valence-electron chi connectivity index (χ0n) is 38.6. The number of carboxylic acid groups (broad SMARTS) is 1. The quantitative estimate of drug-likeness (QED) is 0.0371. The molecular formula is C49H96NO7+. The molecule has 0 saturated carbocycles. The van der Waals surface area contributed by atoms with E-state index in [0.717, 1.165) is 38.5 Å². The number of unbranched alkanes of at least 4 members (excludes halogenated alkanes) is 31. The summed E-state index contributed by atoms with van der Waals surface area (Å²) in [7, 11) is 5.55. The van der Waals surface area contributed by atoms with Crippen molar-refractivity contribution >= 4 is 17.9 Å². The van der Waals surface area contributed by atoms with E-state index in [0.29, 0.717) is 19.3 Å². The first-order valence-electron chi connectivity index (χ1n) is 24.6. The van der Waals surface area contributed by atoms with Crippen molar-refractivity contribution in [2.45, 2.75) is 257 Å². The molecule has 0 aromatic rings. The summed E-state index contributed by atoms with van der Waals surface area (Å²) in [6, 6.07) is -0.608. The van der Waals surface area contributed by atoms with Crippen LogP contribution < -0.4 is 0 Å². The lowest BCUT2D eigenvalue weighted by Crippen LogP contribution is -2.50. The van der Waals surface area contributed by atoms with E-state index in [2.05, 4.69) is 13.8 Å². The number of nitrogens with zero attached hydrogens (tertiary/aromatic N) is 1. The molecule has 0 spiro atoms. The number of hydrogen-bond donors (Lipinski definition) is 1. The lowest BCUT2D eigenvalue weighted by atomic mass is 10.0. The van der Waals surface area contributed by atoms with Crippen LogP contribution in [-0.4, -0.2) is 80.6 Å². The number of ether oxygens (including phenoxy) is 3. The van der Waals surface area contributed by atoms with Gasteiger partial charge in [-0.3, -0.25) is 9.59 Å². The number of carbonyl (C=O) groups is 3. The summed E-state index contributed by atoms with van der Waals surface area (Å²) in [6.45, 7) is 4.79. The SMILES string of the molecule is CCCCCCCCCCCCCCCCCCCCC(=O)OCC(COCCC(C(=O)O)[N+](C)(C)C)OC(=O)CCCCCCCCCCCCCCCCC. The maximum atomic E-state index is 12.7. The van der Waals surface area contributed by atoms with Gasteiger partial charge >= 0.3 is 17.9 Å². The molecule has 0 aliphatic rings. The van der Waals surface area contributed by atoms with E-state index in [-0.39, 0.29) is 36.2 Å². The Morgan fingerprint density at radius 1 is 0.456 bits per heavy atom. The van der Waals surface area contributed by atoms with Crippen LogP contribution in [0.1, 0.15) is 245 Å². The van der Waals surface area contributed by atoms with Crippen LogP contribution in [0, 0.1) is 0 Å². The summed E-state index contributed by atoms with van der Waals surface area (Å²) in [6.07, 6.45) is 42.8. The average molecular weight is 811 g/mol. The molecule has 0 bridgehead atoms. The van der Waals surface area contributed by atoms with Crippen molar-refractivity contribution in [3.8, 4) is 0 Å². The van der Waals surface area contributed by atoms with Gasteiger partial charge in [0.2, 0.25) is 0 Å².